The highest BCUT2D eigenvalue weighted by Crippen LogP contribution is 2.24. The molecule has 0 aliphatic carbocycles. The molecule has 1 aromatic heterocycles. The van der Waals surface area contributed by atoms with E-state index in [0.29, 0.717) is 29.0 Å². The minimum Gasteiger partial charge on any atom is -0.297 e. The minimum atomic E-state index is -0.476. The number of H-pyrrole nitrogens is 1. The molecule has 0 amide bonds. The van der Waals surface area contributed by atoms with E-state index in [2.05, 4.69) is 4.98 Å². The Hall–Kier alpha value is -1.52. The van der Waals surface area contributed by atoms with Crippen molar-refractivity contribution in [2.45, 2.75) is 32.7 Å². The van der Waals surface area contributed by atoms with Crippen LogP contribution >= 0.6 is 23.2 Å². The molecule has 0 aliphatic heterocycles. The zero-order valence-corrected chi connectivity index (χ0v) is 13.3. The van der Waals surface area contributed by atoms with Crippen LogP contribution in [-0.2, 0) is 0 Å². The van der Waals surface area contributed by atoms with Crippen molar-refractivity contribution in [3.63, 3.8) is 0 Å². The van der Waals surface area contributed by atoms with E-state index in [1.807, 2.05) is 13.8 Å². The van der Waals surface area contributed by atoms with Gasteiger partial charge < -0.3 is 0 Å². The Morgan fingerprint density at radius 2 is 1.67 bits per heavy atom. The Kier molecular flexibility index (Phi) is 4.91. The number of rotatable bonds is 4. The summed E-state index contributed by atoms with van der Waals surface area (Å²) in [5, 5.41) is 0.620. The Balaban J connectivity index is 2.73. The van der Waals surface area contributed by atoms with Gasteiger partial charge in [0.25, 0.3) is 5.56 Å². The molecule has 2 rings (SSSR count). The quantitative estimate of drug-likeness (QED) is 0.867. The topological polar surface area (TPSA) is 54.9 Å². The normalized spacial score (nSPS) is 11.1. The predicted molar refractivity (Wildman–Crippen MR) is 86.4 cm³/mol. The number of aromatic nitrogens is 2. The Labute approximate surface area is 132 Å². The lowest BCUT2D eigenvalue weighted by atomic mass is 10.1. The van der Waals surface area contributed by atoms with Crippen LogP contribution in [0.1, 0.15) is 32.7 Å². The van der Waals surface area contributed by atoms with Gasteiger partial charge in [-0.1, -0.05) is 49.2 Å². The molecule has 1 aromatic carbocycles. The zero-order valence-electron chi connectivity index (χ0n) is 11.8. The lowest BCUT2D eigenvalue weighted by Crippen LogP contribution is -2.38. The van der Waals surface area contributed by atoms with Gasteiger partial charge in [0.15, 0.2) is 0 Å². The molecule has 1 heterocycles. The van der Waals surface area contributed by atoms with E-state index in [-0.39, 0.29) is 16.8 Å². The minimum absolute atomic E-state index is 0.0505. The van der Waals surface area contributed by atoms with Gasteiger partial charge in [-0.25, -0.2) is 4.79 Å². The van der Waals surface area contributed by atoms with Gasteiger partial charge in [-0.2, -0.15) is 0 Å². The number of halogens is 2. The van der Waals surface area contributed by atoms with E-state index in [0.717, 1.165) is 0 Å². The molecule has 2 aromatic rings. The molecular formula is C15H16Cl2N2O2. The molecule has 0 unspecified atom stereocenters. The fourth-order valence-corrected chi connectivity index (χ4v) is 2.77. The van der Waals surface area contributed by atoms with Crippen LogP contribution in [0.25, 0.3) is 11.1 Å². The van der Waals surface area contributed by atoms with E-state index in [9.17, 15) is 9.59 Å². The number of aromatic amines is 1. The van der Waals surface area contributed by atoms with Crippen LogP contribution in [-0.4, -0.2) is 9.55 Å². The Morgan fingerprint density at radius 3 is 2.19 bits per heavy atom. The highest BCUT2D eigenvalue weighted by Gasteiger charge is 2.18. The van der Waals surface area contributed by atoms with Crippen LogP contribution in [0, 0.1) is 0 Å². The highest BCUT2D eigenvalue weighted by atomic mass is 35.5. The second-order valence-corrected chi connectivity index (χ2v) is 5.59. The summed E-state index contributed by atoms with van der Waals surface area (Å²) in [5.74, 6) is 0. The van der Waals surface area contributed by atoms with Gasteiger partial charge in [-0.05, 0) is 30.5 Å². The molecule has 0 aliphatic rings. The number of hydrogen-bond acceptors (Lipinski definition) is 2. The fourth-order valence-electron chi connectivity index (χ4n) is 2.38. The molecule has 112 valence electrons. The smallest absolute Gasteiger partial charge is 0.297 e. The van der Waals surface area contributed by atoms with Gasteiger partial charge in [0.2, 0.25) is 0 Å². The number of nitrogens with zero attached hydrogens (tertiary/aromatic N) is 1. The van der Waals surface area contributed by atoms with Crippen molar-refractivity contribution in [2.75, 3.05) is 0 Å². The average Bonchev–Trinajstić information content (AvgIpc) is 2.45. The summed E-state index contributed by atoms with van der Waals surface area (Å²) in [6.07, 6.45) is 1.39. The van der Waals surface area contributed by atoms with Crippen molar-refractivity contribution >= 4 is 23.2 Å². The number of benzene rings is 1. The summed E-state index contributed by atoms with van der Waals surface area (Å²) in [7, 11) is 0. The van der Waals surface area contributed by atoms with Crippen molar-refractivity contribution in [1.29, 1.82) is 0 Å². The maximum atomic E-state index is 12.7. The summed E-state index contributed by atoms with van der Waals surface area (Å²) in [6.45, 7) is 3.88. The maximum Gasteiger partial charge on any atom is 0.329 e. The van der Waals surface area contributed by atoms with Crippen molar-refractivity contribution in [3.05, 3.63) is 55.3 Å². The van der Waals surface area contributed by atoms with Crippen molar-refractivity contribution in [3.8, 4) is 11.1 Å². The van der Waals surface area contributed by atoms with Crippen molar-refractivity contribution < 1.29 is 0 Å². The molecular weight excluding hydrogens is 311 g/mol. The van der Waals surface area contributed by atoms with Gasteiger partial charge in [-0.15, -0.1) is 0 Å². The van der Waals surface area contributed by atoms with Gasteiger partial charge in [0.05, 0.1) is 5.56 Å². The van der Waals surface area contributed by atoms with Crippen LogP contribution in [0.5, 0.6) is 0 Å². The zero-order chi connectivity index (χ0) is 15.6. The Bertz CT molecular complexity index is 744. The summed E-state index contributed by atoms with van der Waals surface area (Å²) < 4.78 is 1.25. The fraction of sp³-hybridized carbons (Fsp3) is 0.333. The third-order valence-electron chi connectivity index (χ3n) is 3.53. The SMILES string of the molecule is CCC(CC)n1c(=O)[nH]c(Cl)c(-c2ccc(Cl)cc2)c1=O. The van der Waals surface area contributed by atoms with Gasteiger partial charge >= 0.3 is 5.69 Å². The van der Waals surface area contributed by atoms with Gasteiger partial charge in [0.1, 0.15) is 5.15 Å². The molecule has 0 saturated carbocycles. The van der Waals surface area contributed by atoms with E-state index >= 15 is 0 Å². The third-order valence-corrected chi connectivity index (χ3v) is 4.06. The second-order valence-electron chi connectivity index (χ2n) is 4.77. The van der Waals surface area contributed by atoms with E-state index < -0.39 is 5.69 Å². The number of hydrogen-bond donors (Lipinski definition) is 1. The third kappa shape index (κ3) is 3.06. The monoisotopic (exact) mass is 326 g/mol. The Morgan fingerprint density at radius 1 is 1.10 bits per heavy atom. The van der Waals surface area contributed by atoms with Crippen LogP contribution in [0.3, 0.4) is 0 Å². The molecule has 4 nitrogen and oxygen atoms in total. The summed E-state index contributed by atoms with van der Waals surface area (Å²) in [4.78, 5) is 27.3. The first-order valence-corrected chi connectivity index (χ1v) is 7.55. The van der Waals surface area contributed by atoms with E-state index in [1.165, 1.54) is 4.57 Å². The molecule has 0 atom stereocenters. The highest BCUT2D eigenvalue weighted by molar-refractivity contribution is 6.32. The van der Waals surface area contributed by atoms with Crippen molar-refractivity contribution in [2.24, 2.45) is 0 Å². The van der Waals surface area contributed by atoms with Crippen LogP contribution in [0.15, 0.2) is 33.9 Å². The van der Waals surface area contributed by atoms with Crippen molar-refractivity contribution in [1.82, 2.24) is 9.55 Å². The average molecular weight is 327 g/mol. The molecule has 21 heavy (non-hydrogen) atoms. The van der Waals surface area contributed by atoms with E-state index in [1.54, 1.807) is 24.3 Å². The first kappa shape index (κ1) is 15.9. The first-order valence-electron chi connectivity index (χ1n) is 6.79. The summed E-state index contributed by atoms with van der Waals surface area (Å²) in [5.41, 5.74) is 0.0707. The summed E-state index contributed by atoms with van der Waals surface area (Å²) >= 11 is 11.9. The summed E-state index contributed by atoms with van der Waals surface area (Å²) in [6, 6.07) is 6.63. The van der Waals surface area contributed by atoms with Gasteiger partial charge in [0, 0.05) is 11.1 Å². The first-order chi connectivity index (χ1) is 9.99. The van der Waals surface area contributed by atoms with Crippen LogP contribution in [0.4, 0.5) is 0 Å². The molecule has 1 N–H and O–H groups in total. The van der Waals surface area contributed by atoms with Gasteiger partial charge in [-0.3, -0.25) is 14.3 Å². The largest absolute Gasteiger partial charge is 0.329 e. The molecule has 0 radical (unpaired) electrons. The van der Waals surface area contributed by atoms with E-state index in [4.69, 9.17) is 23.2 Å². The maximum absolute atomic E-state index is 12.7. The molecule has 0 fully saturated rings. The van der Waals surface area contributed by atoms with Crippen LogP contribution in [0.2, 0.25) is 10.2 Å². The lowest BCUT2D eigenvalue weighted by molar-refractivity contribution is 0.440. The molecule has 0 bridgehead atoms. The number of nitrogens with one attached hydrogen (secondary N) is 1. The molecule has 6 heteroatoms. The standard InChI is InChI=1S/C15H16Cl2N2O2/c1-3-11(4-2)19-14(20)12(13(17)18-15(19)21)9-5-7-10(16)8-6-9/h5-8,11H,3-4H2,1-2H3,(H,18,21). The van der Waals surface area contributed by atoms with Crippen LogP contribution < -0.4 is 11.2 Å². The molecule has 0 saturated heterocycles. The predicted octanol–water partition coefficient (Wildman–Crippen LogP) is 3.87. The molecule has 0 spiro atoms. The second kappa shape index (κ2) is 6.50. The lowest BCUT2D eigenvalue weighted by Gasteiger charge is -2.16.